The third-order valence-electron chi connectivity index (χ3n) is 5.81. The molecular formula is C26H25Cl2N3O2. The number of aryl methyl sites for hydroxylation is 1. The Morgan fingerprint density at radius 2 is 1.58 bits per heavy atom. The van der Waals surface area contributed by atoms with Gasteiger partial charge in [-0.2, -0.15) is 0 Å². The number of para-hydroxylation sites is 1. The van der Waals surface area contributed by atoms with E-state index in [-0.39, 0.29) is 18.2 Å². The number of rotatable bonds is 6. The van der Waals surface area contributed by atoms with Gasteiger partial charge in [-0.15, -0.1) is 0 Å². The summed E-state index contributed by atoms with van der Waals surface area (Å²) in [6.45, 7) is 5.65. The predicted molar refractivity (Wildman–Crippen MR) is 135 cm³/mol. The number of hydrogen-bond acceptors (Lipinski definition) is 4. The zero-order valence-electron chi connectivity index (χ0n) is 18.4. The molecular weight excluding hydrogens is 457 g/mol. The van der Waals surface area contributed by atoms with Crippen LogP contribution in [-0.2, 0) is 4.79 Å². The van der Waals surface area contributed by atoms with Crippen molar-refractivity contribution < 1.29 is 9.59 Å². The van der Waals surface area contributed by atoms with Gasteiger partial charge in [0.1, 0.15) is 0 Å². The van der Waals surface area contributed by atoms with E-state index in [1.807, 2.05) is 6.07 Å². The second kappa shape index (κ2) is 10.4. The van der Waals surface area contributed by atoms with Crippen molar-refractivity contribution in [3.63, 3.8) is 0 Å². The maximum Gasteiger partial charge on any atom is 0.238 e. The van der Waals surface area contributed by atoms with Gasteiger partial charge in [-0.25, -0.2) is 0 Å². The van der Waals surface area contributed by atoms with Crippen LogP contribution in [0.15, 0.2) is 66.7 Å². The second-order valence-corrected chi connectivity index (χ2v) is 8.94. The molecule has 0 bridgehead atoms. The van der Waals surface area contributed by atoms with Gasteiger partial charge >= 0.3 is 0 Å². The molecule has 0 radical (unpaired) electrons. The number of hydrogen-bond donors (Lipinski definition) is 1. The van der Waals surface area contributed by atoms with Crippen molar-refractivity contribution in [2.45, 2.75) is 6.92 Å². The summed E-state index contributed by atoms with van der Waals surface area (Å²) in [4.78, 5) is 30.4. The standard InChI is InChI=1S/C26H25Cl2N3O2/c1-18-6-2-5-9-24(18)31-14-12-30(13-15-31)17-25(32)29-23-11-10-19(27)16-21(23)26(33)20-7-3-4-8-22(20)28/h2-11,16H,12-15,17H2,1H3,(H,29,32). The van der Waals surface area contributed by atoms with Crippen LogP contribution in [0.25, 0.3) is 0 Å². The lowest BCUT2D eigenvalue weighted by molar-refractivity contribution is -0.117. The molecule has 0 unspecified atom stereocenters. The average Bonchev–Trinajstić information content (AvgIpc) is 2.81. The number of nitrogens with one attached hydrogen (secondary N) is 1. The summed E-state index contributed by atoms with van der Waals surface area (Å²) in [7, 11) is 0. The first-order valence-electron chi connectivity index (χ1n) is 10.8. The van der Waals surface area contributed by atoms with Crippen LogP contribution in [0.2, 0.25) is 10.0 Å². The Balaban J connectivity index is 1.41. The lowest BCUT2D eigenvalue weighted by Gasteiger charge is -2.36. The second-order valence-electron chi connectivity index (χ2n) is 8.10. The summed E-state index contributed by atoms with van der Waals surface area (Å²) in [6, 6.07) is 20.0. The van der Waals surface area contributed by atoms with Gasteiger partial charge in [0.05, 0.1) is 17.3 Å². The maximum atomic E-state index is 13.1. The van der Waals surface area contributed by atoms with E-state index in [2.05, 4.69) is 40.2 Å². The fraction of sp³-hybridized carbons (Fsp3) is 0.231. The molecule has 170 valence electrons. The highest BCUT2D eigenvalue weighted by atomic mass is 35.5. The number of piperazine rings is 1. The number of benzene rings is 3. The van der Waals surface area contributed by atoms with E-state index in [0.29, 0.717) is 26.9 Å². The van der Waals surface area contributed by atoms with Crippen LogP contribution in [-0.4, -0.2) is 49.3 Å². The quantitative estimate of drug-likeness (QED) is 0.485. The monoisotopic (exact) mass is 481 g/mol. The smallest absolute Gasteiger partial charge is 0.238 e. The highest BCUT2D eigenvalue weighted by Crippen LogP contribution is 2.27. The zero-order valence-corrected chi connectivity index (χ0v) is 19.9. The lowest BCUT2D eigenvalue weighted by Crippen LogP contribution is -2.48. The Bertz CT molecular complexity index is 1170. The molecule has 0 saturated carbocycles. The highest BCUT2D eigenvalue weighted by molar-refractivity contribution is 6.36. The Morgan fingerprint density at radius 3 is 2.30 bits per heavy atom. The normalized spacial score (nSPS) is 14.2. The van der Waals surface area contributed by atoms with Gasteiger partial charge in [0.25, 0.3) is 0 Å². The Kier molecular flexibility index (Phi) is 7.33. The fourth-order valence-corrected chi connectivity index (χ4v) is 4.46. The molecule has 0 atom stereocenters. The number of halogens is 2. The van der Waals surface area contributed by atoms with Crippen LogP contribution < -0.4 is 10.2 Å². The predicted octanol–water partition coefficient (Wildman–Crippen LogP) is 5.29. The van der Waals surface area contributed by atoms with E-state index in [0.717, 1.165) is 26.2 Å². The first-order chi connectivity index (χ1) is 15.9. The third-order valence-corrected chi connectivity index (χ3v) is 6.38. The third kappa shape index (κ3) is 5.56. The van der Waals surface area contributed by atoms with Crippen molar-refractivity contribution in [1.82, 2.24) is 4.90 Å². The number of ketones is 1. The van der Waals surface area contributed by atoms with E-state index in [1.54, 1.807) is 42.5 Å². The lowest BCUT2D eigenvalue weighted by atomic mass is 10.0. The van der Waals surface area contributed by atoms with Gasteiger partial charge in [-0.05, 0) is 48.9 Å². The first-order valence-corrected chi connectivity index (χ1v) is 11.6. The summed E-state index contributed by atoms with van der Waals surface area (Å²) in [5.41, 5.74) is 3.60. The molecule has 1 heterocycles. The fourth-order valence-electron chi connectivity index (χ4n) is 4.06. The topological polar surface area (TPSA) is 52.6 Å². The van der Waals surface area contributed by atoms with Crippen molar-refractivity contribution >= 4 is 46.3 Å². The maximum absolute atomic E-state index is 13.1. The van der Waals surface area contributed by atoms with Crippen molar-refractivity contribution in [3.05, 3.63) is 93.5 Å². The molecule has 1 aliphatic heterocycles. The summed E-state index contributed by atoms with van der Waals surface area (Å²) in [5, 5.41) is 3.66. The molecule has 33 heavy (non-hydrogen) atoms. The number of carbonyl (C=O) groups excluding carboxylic acids is 2. The Hall–Kier alpha value is -2.86. The summed E-state index contributed by atoms with van der Waals surface area (Å²) < 4.78 is 0. The SMILES string of the molecule is Cc1ccccc1N1CCN(CC(=O)Nc2ccc(Cl)cc2C(=O)c2ccccc2Cl)CC1. The average molecular weight is 482 g/mol. The van der Waals surface area contributed by atoms with Gasteiger partial charge in [-0.3, -0.25) is 14.5 Å². The Morgan fingerprint density at radius 1 is 0.879 bits per heavy atom. The first kappa shape index (κ1) is 23.3. The largest absolute Gasteiger partial charge is 0.369 e. The van der Waals surface area contributed by atoms with Gasteiger partial charge in [0, 0.05) is 48.0 Å². The van der Waals surface area contributed by atoms with Gasteiger partial charge in [0.15, 0.2) is 5.78 Å². The molecule has 1 saturated heterocycles. The van der Waals surface area contributed by atoms with Gasteiger partial charge < -0.3 is 10.2 Å². The van der Waals surface area contributed by atoms with Crippen molar-refractivity contribution in [2.24, 2.45) is 0 Å². The molecule has 4 rings (SSSR count). The van der Waals surface area contributed by atoms with Crippen LogP contribution in [0, 0.1) is 6.92 Å². The van der Waals surface area contributed by atoms with Gasteiger partial charge in [-0.1, -0.05) is 53.5 Å². The molecule has 3 aromatic rings. The van der Waals surface area contributed by atoms with E-state index < -0.39 is 0 Å². The van der Waals surface area contributed by atoms with E-state index in [1.165, 1.54) is 11.3 Å². The van der Waals surface area contributed by atoms with Crippen LogP contribution >= 0.6 is 23.2 Å². The minimum atomic E-state index is -0.287. The molecule has 0 spiro atoms. The van der Waals surface area contributed by atoms with Crippen molar-refractivity contribution in [1.29, 1.82) is 0 Å². The molecule has 7 heteroatoms. The minimum absolute atomic E-state index is 0.171. The molecule has 1 amide bonds. The summed E-state index contributed by atoms with van der Waals surface area (Å²) in [6.07, 6.45) is 0. The van der Waals surface area contributed by atoms with Crippen LogP contribution in [0.1, 0.15) is 21.5 Å². The van der Waals surface area contributed by atoms with Crippen LogP contribution in [0.4, 0.5) is 11.4 Å². The highest BCUT2D eigenvalue weighted by Gasteiger charge is 2.22. The molecule has 5 nitrogen and oxygen atoms in total. The number of nitrogens with zero attached hydrogens (tertiary/aromatic N) is 2. The molecule has 3 aromatic carbocycles. The minimum Gasteiger partial charge on any atom is -0.369 e. The van der Waals surface area contributed by atoms with Crippen LogP contribution in [0.5, 0.6) is 0 Å². The molecule has 1 N–H and O–H groups in total. The molecule has 1 fully saturated rings. The number of amides is 1. The zero-order chi connectivity index (χ0) is 23.4. The van der Waals surface area contributed by atoms with Crippen molar-refractivity contribution in [2.75, 3.05) is 42.9 Å². The van der Waals surface area contributed by atoms with Crippen molar-refractivity contribution in [3.8, 4) is 0 Å². The number of carbonyl (C=O) groups is 2. The molecule has 1 aliphatic rings. The van der Waals surface area contributed by atoms with E-state index in [9.17, 15) is 9.59 Å². The van der Waals surface area contributed by atoms with E-state index in [4.69, 9.17) is 23.2 Å². The Labute approximate surface area is 203 Å². The summed E-state index contributed by atoms with van der Waals surface area (Å²) in [5.74, 6) is -0.458. The van der Waals surface area contributed by atoms with Gasteiger partial charge in [0.2, 0.25) is 5.91 Å². The van der Waals surface area contributed by atoms with E-state index >= 15 is 0 Å². The number of anilines is 2. The molecule has 0 aliphatic carbocycles. The summed E-state index contributed by atoms with van der Waals surface area (Å²) >= 11 is 12.4. The molecule has 0 aromatic heterocycles. The van der Waals surface area contributed by atoms with Crippen LogP contribution in [0.3, 0.4) is 0 Å².